The third-order valence-corrected chi connectivity index (χ3v) is 1.35. The Bertz CT molecular complexity index is 180. The van der Waals surface area contributed by atoms with E-state index in [2.05, 4.69) is 4.74 Å². The van der Waals surface area contributed by atoms with Gasteiger partial charge in [0.15, 0.2) is 0 Å². The molecule has 0 aliphatic carbocycles. The van der Waals surface area contributed by atoms with Gasteiger partial charge < -0.3 is 15.6 Å². The number of carboxylic acid groups (broad SMARTS) is 1. The van der Waals surface area contributed by atoms with Gasteiger partial charge in [-0.15, -0.1) is 0 Å². The fourth-order valence-electron chi connectivity index (χ4n) is 0.488. The summed E-state index contributed by atoms with van der Waals surface area (Å²) in [5.41, 5.74) is 5.16. The minimum Gasteiger partial charge on any atom is -0.480 e. The Kier molecular flexibility index (Phi) is 9.33. The van der Waals surface area contributed by atoms with E-state index >= 15 is 0 Å². The van der Waals surface area contributed by atoms with Crippen LogP contribution in [0.2, 0.25) is 0 Å². The van der Waals surface area contributed by atoms with Gasteiger partial charge in [0.05, 0.1) is 6.61 Å². The quantitative estimate of drug-likeness (QED) is 0.659. The number of rotatable bonds is 3. The van der Waals surface area contributed by atoms with Crippen LogP contribution in [0.1, 0.15) is 27.7 Å². The summed E-state index contributed by atoms with van der Waals surface area (Å²) < 4.78 is 4.40. The lowest BCUT2D eigenvalue weighted by Crippen LogP contribution is -2.34. The van der Waals surface area contributed by atoms with Gasteiger partial charge in [-0.25, -0.2) is 0 Å². The first-order valence-corrected chi connectivity index (χ1v) is 4.44. The third kappa shape index (κ3) is 10.9. The van der Waals surface area contributed by atoms with Gasteiger partial charge in [0.2, 0.25) is 0 Å². The molecule has 0 saturated heterocycles. The standard InChI is InChI=1S/C5H11NO2.C4H8O2/c1-3(2)4(6)5(7)8;1-3-6-4(2)5/h3-4H,6H2,1-2H3,(H,7,8);3H2,1-2H3. The van der Waals surface area contributed by atoms with Gasteiger partial charge in [-0.1, -0.05) is 13.8 Å². The van der Waals surface area contributed by atoms with Gasteiger partial charge in [0.1, 0.15) is 6.04 Å². The lowest BCUT2D eigenvalue weighted by molar-refractivity contribution is -0.141. The molecule has 0 amide bonds. The van der Waals surface area contributed by atoms with Gasteiger partial charge >= 0.3 is 11.9 Å². The number of esters is 1. The first-order chi connectivity index (χ1) is 6.32. The van der Waals surface area contributed by atoms with Crippen LogP contribution in [0, 0.1) is 5.92 Å². The first-order valence-electron chi connectivity index (χ1n) is 4.44. The number of carbonyl (C=O) groups is 2. The van der Waals surface area contributed by atoms with Gasteiger partial charge in [0, 0.05) is 6.92 Å². The highest BCUT2D eigenvalue weighted by Gasteiger charge is 2.14. The molecule has 0 heterocycles. The second-order valence-electron chi connectivity index (χ2n) is 3.03. The van der Waals surface area contributed by atoms with Crippen LogP contribution >= 0.6 is 0 Å². The summed E-state index contributed by atoms with van der Waals surface area (Å²) in [5.74, 6) is -1.12. The summed E-state index contributed by atoms with van der Waals surface area (Å²) >= 11 is 0. The predicted molar refractivity (Wildman–Crippen MR) is 52.8 cm³/mol. The zero-order valence-corrected chi connectivity index (χ0v) is 9.11. The van der Waals surface area contributed by atoms with Crippen LogP contribution in [0.5, 0.6) is 0 Å². The Morgan fingerprint density at radius 1 is 1.43 bits per heavy atom. The molecule has 0 bridgehead atoms. The Balaban J connectivity index is 0. The van der Waals surface area contributed by atoms with Gasteiger partial charge in [0.25, 0.3) is 0 Å². The normalized spacial score (nSPS) is 11.3. The Morgan fingerprint density at radius 3 is 1.86 bits per heavy atom. The zero-order chi connectivity index (χ0) is 11.7. The maximum absolute atomic E-state index is 10.0. The van der Waals surface area contributed by atoms with Gasteiger partial charge in [-0.05, 0) is 12.8 Å². The van der Waals surface area contributed by atoms with Crippen molar-refractivity contribution >= 4 is 11.9 Å². The van der Waals surface area contributed by atoms with Crippen molar-refractivity contribution in [3.8, 4) is 0 Å². The highest BCUT2D eigenvalue weighted by Crippen LogP contribution is 1.96. The summed E-state index contributed by atoms with van der Waals surface area (Å²) in [5, 5.41) is 8.23. The Hall–Kier alpha value is -1.10. The van der Waals surface area contributed by atoms with E-state index in [1.54, 1.807) is 20.8 Å². The monoisotopic (exact) mass is 205 g/mol. The topological polar surface area (TPSA) is 89.6 Å². The molecule has 14 heavy (non-hydrogen) atoms. The molecule has 0 spiro atoms. The molecular formula is C9H19NO4. The zero-order valence-electron chi connectivity index (χ0n) is 9.11. The number of hydrogen-bond donors (Lipinski definition) is 2. The maximum atomic E-state index is 10.0. The lowest BCUT2D eigenvalue weighted by atomic mass is 10.1. The average molecular weight is 205 g/mol. The molecule has 5 heteroatoms. The summed E-state index contributed by atoms with van der Waals surface area (Å²) in [7, 11) is 0. The summed E-state index contributed by atoms with van der Waals surface area (Å²) in [6.07, 6.45) is 0. The van der Waals surface area contributed by atoms with E-state index in [9.17, 15) is 9.59 Å². The van der Waals surface area contributed by atoms with Crippen molar-refractivity contribution < 1.29 is 19.4 Å². The maximum Gasteiger partial charge on any atom is 0.320 e. The lowest BCUT2D eigenvalue weighted by Gasteiger charge is -2.07. The highest BCUT2D eigenvalue weighted by atomic mass is 16.5. The number of hydrogen-bond acceptors (Lipinski definition) is 4. The number of ether oxygens (including phenoxy) is 1. The molecule has 0 aromatic rings. The fraction of sp³-hybridized carbons (Fsp3) is 0.778. The van der Waals surface area contributed by atoms with E-state index in [4.69, 9.17) is 10.8 Å². The molecule has 1 atom stereocenters. The molecule has 0 aliphatic rings. The van der Waals surface area contributed by atoms with Crippen LogP contribution in [-0.4, -0.2) is 29.7 Å². The van der Waals surface area contributed by atoms with Gasteiger partial charge in [-0.3, -0.25) is 9.59 Å². The van der Waals surface area contributed by atoms with E-state index < -0.39 is 12.0 Å². The molecule has 0 aromatic heterocycles. The molecule has 5 nitrogen and oxygen atoms in total. The van der Waals surface area contributed by atoms with E-state index in [-0.39, 0.29) is 11.9 Å². The van der Waals surface area contributed by atoms with Gasteiger partial charge in [-0.2, -0.15) is 0 Å². The number of aliphatic carboxylic acids is 1. The number of carbonyl (C=O) groups excluding carboxylic acids is 1. The minimum atomic E-state index is -0.931. The van der Waals surface area contributed by atoms with Crippen molar-refractivity contribution in [2.75, 3.05) is 6.61 Å². The first kappa shape index (κ1) is 15.4. The van der Waals surface area contributed by atoms with E-state index in [1.807, 2.05) is 0 Å². The molecular weight excluding hydrogens is 186 g/mol. The van der Waals surface area contributed by atoms with Crippen LogP contribution < -0.4 is 5.73 Å². The summed E-state index contributed by atoms with van der Waals surface area (Å²) in [6, 6.07) is -0.713. The highest BCUT2D eigenvalue weighted by molar-refractivity contribution is 5.73. The van der Waals surface area contributed by atoms with Crippen molar-refractivity contribution in [1.29, 1.82) is 0 Å². The second kappa shape index (κ2) is 8.50. The molecule has 84 valence electrons. The number of carboxylic acids is 1. The molecule has 3 N–H and O–H groups in total. The smallest absolute Gasteiger partial charge is 0.320 e. The van der Waals surface area contributed by atoms with E-state index in [1.165, 1.54) is 6.92 Å². The Labute approximate surface area is 84.2 Å². The minimum absolute atomic E-state index is 0.0208. The number of nitrogens with two attached hydrogens (primary N) is 1. The van der Waals surface area contributed by atoms with Crippen LogP contribution in [0.15, 0.2) is 0 Å². The summed E-state index contributed by atoms with van der Waals surface area (Å²) in [6.45, 7) is 7.21. The van der Waals surface area contributed by atoms with E-state index in [0.717, 1.165) is 0 Å². The van der Waals surface area contributed by atoms with Crippen molar-refractivity contribution in [2.24, 2.45) is 11.7 Å². The predicted octanol–water partition coefficient (Wildman–Crippen LogP) is 0.624. The van der Waals surface area contributed by atoms with Crippen molar-refractivity contribution in [2.45, 2.75) is 33.7 Å². The van der Waals surface area contributed by atoms with Crippen molar-refractivity contribution in [3.05, 3.63) is 0 Å². The fourth-order valence-corrected chi connectivity index (χ4v) is 0.488. The average Bonchev–Trinajstić information content (AvgIpc) is 2.03. The molecule has 0 radical (unpaired) electrons. The largest absolute Gasteiger partial charge is 0.480 e. The molecule has 0 aliphatic heterocycles. The molecule has 0 rings (SSSR count). The molecule has 0 saturated carbocycles. The molecule has 1 unspecified atom stereocenters. The van der Waals surface area contributed by atoms with Crippen molar-refractivity contribution in [3.63, 3.8) is 0 Å². The SMILES string of the molecule is CC(C)C(N)C(=O)O.CCOC(C)=O. The molecule has 0 aromatic carbocycles. The molecule has 0 fully saturated rings. The van der Waals surface area contributed by atoms with Crippen LogP contribution in [0.4, 0.5) is 0 Å². The summed E-state index contributed by atoms with van der Waals surface area (Å²) in [4.78, 5) is 19.8. The third-order valence-electron chi connectivity index (χ3n) is 1.35. The van der Waals surface area contributed by atoms with E-state index in [0.29, 0.717) is 6.61 Å². The Morgan fingerprint density at radius 2 is 1.86 bits per heavy atom. The van der Waals surface area contributed by atoms with Crippen LogP contribution in [0.3, 0.4) is 0 Å². The second-order valence-corrected chi connectivity index (χ2v) is 3.03. The van der Waals surface area contributed by atoms with Crippen molar-refractivity contribution in [1.82, 2.24) is 0 Å². The van der Waals surface area contributed by atoms with Crippen LogP contribution in [-0.2, 0) is 14.3 Å². The van der Waals surface area contributed by atoms with Crippen LogP contribution in [0.25, 0.3) is 0 Å².